The van der Waals surface area contributed by atoms with Gasteiger partial charge >= 0.3 is 0 Å². The Kier molecular flexibility index (Phi) is 9.04. The lowest BCUT2D eigenvalue weighted by atomic mass is 10.0. The van der Waals surface area contributed by atoms with Crippen LogP contribution in [0, 0.1) is 0 Å². The second-order valence-corrected chi connectivity index (χ2v) is 5.64. The third kappa shape index (κ3) is 6.73. The monoisotopic (exact) mass is 326 g/mol. The molecular formula is C16H27ClN4O. The molecule has 1 aliphatic heterocycles. The number of hydrogen-bond donors (Lipinski definition) is 2. The van der Waals surface area contributed by atoms with E-state index in [0.29, 0.717) is 12.6 Å². The molecule has 0 aliphatic carbocycles. The van der Waals surface area contributed by atoms with Crippen LogP contribution in [0.4, 0.5) is 0 Å². The van der Waals surface area contributed by atoms with E-state index in [4.69, 9.17) is 0 Å². The molecule has 0 bridgehead atoms. The summed E-state index contributed by atoms with van der Waals surface area (Å²) in [7, 11) is 0. The zero-order chi connectivity index (χ0) is 14.9. The van der Waals surface area contributed by atoms with Crippen molar-refractivity contribution in [2.75, 3.05) is 26.2 Å². The minimum atomic E-state index is 0. The molecule has 1 saturated heterocycles. The predicted octanol–water partition coefficient (Wildman–Crippen LogP) is 1.58. The summed E-state index contributed by atoms with van der Waals surface area (Å²) in [5.41, 5.74) is 1.22. The van der Waals surface area contributed by atoms with Gasteiger partial charge in [-0.05, 0) is 30.9 Å². The molecule has 2 rings (SSSR count). The van der Waals surface area contributed by atoms with Crippen LogP contribution in [0.5, 0.6) is 0 Å². The number of nitrogens with zero attached hydrogens (tertiary/aromatic N) is 2. The van der Waals surface area contributed by atoms with Crippen molar-refractivity contribution in [3.8, 4) is 0 Å². The number of halogens is 1. The van der Waals surface area contributed by atoms with Gasteiger partial charge in [0.2, 0.25) is 5.91 Å². The van der Waals surface area contributed by atoms with Crippen LogP contribution in [0.1, 0.15) is 31.7 Å². The van der Waals surface area contributed by atoms with E-state index >= 15 is 0 Å². The highest BCUT2D eigenvalue weighted by Gasteiger charge is 2.20. The first-order valence-corrected chi connectivity index (χ1v) is 7.89. The highest BCUT2D eigenvalue weighted by Crippen LogP contribution is 2.10. The van der Waals surface area contributed by atoms with Gasteiger partial charge in [-0.2, -0.15) is 0 Å². The van der Waals surface area contributed by atoms with E-state index in [-0.39, 0.29) is 18.3 Å². The van der Waals surface area contributed by atoms with E-state index in [1.807, 2.05) is 12.3 Å². The maximum absolute atomic E-state index is 11.7. The van der Waals surface area contributed by atoms with Crippen molar-refractivity contribution in [2.24, 2.45) is 0 Å². The summed E-state index contributed by atoms with van der Waals surface area (Å²) < 4.78 is 0. The third-order valence-electron chi connectivity index (χ3n) is 3.84. The maximum atomic E-state index is 11.7. The van der Waals surface area contributed by atoms with Gasteiger partial charge in [0.15, 0.2) is 0 Å². The van der Waals surface area contributed by atoms with Gasteiger partial charge in [-0.3, -0.25) is 14.7 Å². The summed E-state index contributed by atoms with van der Waals surface area (Å²) >= 11 is 0. The molecule has 0 unspecified atom stereocenters. The average Bonchev–Trinajstić information content (AvgIpc) is 2.53. The average molecular weight is 327 g/mol. The predicted molar refractivity (Wildman–Crippen MR) is 91.1 cm³/mol. The van der Waals surface area contributed by atoms with Gasteiger partial charge in [-0.15, -0.1) is 12.4 Å². The summed E-state index contributed by atoms with van der Waals surface area (Å²) in [4.78, 5) is 18.1. The number of pyridine rings is 1. The van der Waals surface area contributed by atoms with Crippen molar-refractivity contribution in [1.29, 1.82) is 0 Å². The lowest BCUT2D eigenvalue weighted by Gasteiger charge is -2.32. The van der Waals surface area contributed by atoms with E-state index < -0.39 is 0 Å². The van der Waals surface area contributed by atoms with E-state index in [2.05, 4.69) is 33.5 Å². The number of piperidine rings is 1. The molecule has 1 fully saturated rings. The molecule has 1 aliphatic rings. The van der Waals surface area contributed by atoms with Crippen LogP contribution < -0.4 is 10.6 Å². The van der Waals surface area contributed by atoms with Gasteiger partial charge in [0.25, 0.3) is 0 Å². The maximum Gasteiger partial charge on any atom is 0.234 e. The van der Waals surface area contributed by atoms with Gasteiger partial charge in [-0.25, -0.2) is 0 Å². The molecule has 5 nitrogen and oxygen atoms in total. The largest absolute Gasteiger partial charge is 0.355 e. The Balaban J connectivity index is 0.00000242. The van der Waals surface area contributed by atoms with Crippen molar-refractivity contribution in [3.63, 3.8) is 0 Å². The molecule has 2 N–H and O–H groups in total. The molecule has 124 valence electrons. The SMILES string of the molecule is CCCNC(=O)CN1CCC(NCc2cccnc2)CC1.Cl. The zero-order valence-corrected chi connectivity index (χ0v) is 14.1. The van der Waals surface area contributed by atoms with Gasteiger partial charge in [0.05, 0.1) is 6.54 Å². The van der Waals surface area contributed by atoms with E-state index in [0.717, 1.165) is 45.4 Å². The molecule has 0 aromatic carbocycles. The Labute approximate surface area is 139 Å². The number of nitrogens with one attached hydrogen (secondary N) is 2. The van der Waals surface area contributed by atoms with Crippen molar-refractivity contribution in [2.45, 2.75) is 38.8 Å². The Hall–Kier alpha value is -1.17. The third-order valence-corrected chi connectivity index (χ3v) is 3.84. The summed E-state index contributed by atoms with van der Waals surface area (Å²) in [6, 6.07) is 4.60. The summed E-state index contributed by atoms with van der Waals surface area (Å²) in [5.74, 6) is 0.151. The molecule has 2 heterocycles. The van der Waals surface area contributed by atoms with E-state index in [9.17, 15) is 4.79 Å². The second kappa shape index (κ2) is 10.5. The van der Waals surface area contributed by atoms with Gasteiger partial charge in [0.1, 0.15) is 0 Å². The topological polar surface area (TPSA) is 57.3 Å². The summed E-state index contributed by atoms with van der Waals surface area (Å²) in [5, 5.41) is 6.51. The number of rotatable bonds is 7. The normalized spacial score (nSPS) is 16.0. The molecule has 22 heavy (non-hydrogen) atoms. The highest BCUT2D eigenvalue weighted by atomic mass is 35.5. The number of carbonyl (C=O) groups excluding carboxylic acids is 1. The quantitative estimate of drug-likeness (QED) is 0.799. The van der Waals surface area contributed by atoms with Crippen molar-refractivity contribution in [1.82, 2.24) is 20.5 Å². The van der Waals surface area contributed by atoms with Gasteiger partial charge < -0.3 is 10.6 Å². The number of aromatic nitrogens is 1. The summed E-state index contributed by atoms with van der Waals surface area (Å²) in [6.07, 6.45) is 6.89. The first-order valence-electron chi connectivity index (χ1n) is 7.89. The molecular weight excluding hydrogens is 300 g/mol. The lowest BCUT2D eigenvalue weighted by molar-refractivity contribution is -0.122. The van der Waals surface area contributed by atoms with Crippen LogP contribution in [0.15, 0.2) is 24.5 Å². The van der Waals surface area contributed by atoms with Crippen molar-refractivity contribution >= 4 is 18.3 Å². The molecule has 0 saturated carbocycles. The first-order chi connectivity index (χ1) is 10.3. The fourth-order valence-electron chi connectivity index (χ4n) is 2.58. The molecule has 0 spiro atoms. The Bertz CT molecular complexity index is 421. The Morgan fingerprint density at radius 2 is 2.18 bits per heavy atom. The molecule has 1 aromatic heterocycles. The Morgan fingerprint density at radius 3 is 2.82 bits per heavy atom. The molecule has 0 radical (unpaired) electrons. The fourth-order valence-corrected chi connectivity index (χ4v) is 2.58. The molecule has 1 amide bonds. The number of hydrogen-bond acceptors (Lipinski definition) is 4. The number of likely N-dealkylation sites (tertiary alicyclic amines) is 1. The minimum absolute atomic E-state index is 0. The van der Waals surface area contributed by atoms with Crippen LogP contribution in [-0.2, 0) is 11.3 Å². The number of amides is 1. The van der Waals surface area contributed by atoms with E-state index in [1.54, 1.807) is 6.20 Å². The lowest BCUT2D eigenvalue weighted by Crippen LogP contribution is -2.46. The standard InChI is InChI=1S/C16H26N4O.ClH/c1-2-7-18-16(21)13-20-9-5-15(6-10-20)19-12-14-4-3-8-17-11-14;/h3-4,8,11,15,19H,2,5-7,9-10,12-13H2,1H3,(H,18,21);1H. The van der Waals surface area contributed by atoms with Crippen LogP contribution in [0.3, 0.4) is 0 Å². The summed E-state index contributed by atoms with van der Waals surface area (Å²) in [6.45, 7) is 6.24. The number of carbonyl (C=O) groups is 1. The minimum Gasteiger partial charge on any atom is -0.355 e. The van der Waals surface area contributed by atoms with E-state index in [1.165, 1.54) is 5.56 Å². The smallest absolute Gasteiger partial charge is 0.234 e. The van der Waals surface area contributed by atoms with Crippen LogP contribution in [0.2, 0.25) is 0 Å². The van der Waals surface area contributed by atoms with Crippen molar-refractivity contribution < 1.29 is 4.79 Å². The van der Waals surface area contributed by atoms with Crippen LogP contribution in [-0.4, -0.2) is 48.0 Å². The second-order valence-electron chi connectivity index (χ2n) is 5.64. The first kappa shape index (κ1) is 18.9. The van der Waals surface area contributed by atoms with Gasteiger partial charge in [-0.1, -0.05) is 13.0 Å². The fraction of sp³-hybridized carbons (Fsp3) is 0.625. The highest BCUT2D eigenvalue weighted by molar-refractivity contribution is 5.85. The van der Waals surface area contributed by atoms with Gasteiger partial charge in [0, 0.05) is 44.6 Å². The molecule has 6 heteroatoms. The molecule has 0 atom stereocenters. The van der Waals surface area contributed by atoms with Crippen LogP contribution >= 0.6 is 12.4 Å². The molecule has 1 aromatic rings. The van der Waals surface area contributed by atoms with Crippen LogP contribution in [0.25, 0.3) is 0 Å². The van der Waals surface area contributed by atoms with Crippen molar-refractivity contribution in [3.05, 3.63) is 30.1 Å². The Morgan fingerprint density at radius 1 is 1.41 bits per heavy atom. The zero-order valence-electron chi connectivity index (χ0n) is 13.3.